The van der Waals surface area contributed by atoms with Gasteiger partial charge < -0.3 is 5.32 Å². The fourth-order valence-corrected chi connectivity index (χ4v) is 1.30. The number of pyridine rings is 1. The van der Waals surface area contributed by atoms with Crippen LogP contribution in [0.1, 0.15) is 5.56 Å². The number of aromatic nitrogens is 4. The Morgan fingerprint density at radius 3 is 2.93 bits per heavy atom. The van der Waals surface area contributed by atoms with Crippen molar-refractivity contribution < 1.29 is 0 Å². The maximum atomic E-state index is 4.31. The second-order valence-electron chi connectivity index (χ2n) is 3.22. The van der Waals surface area contributed by atoms with Gasteiger partial charge in [0, 0.05) is 6.20 Å². The Morgan fingerprint density at radius 2 is 2.33 bits per heavy atom. The summed E-state index contributed by atoms with van der Waals surface area (Å²) in [5, 5.41) is 7.11. The molecule has 0 saturated heterocycles. The molecular weight excluding hydrogens is 190 g/mol. The predicted molar refractivity (Wildman–Crippen MR) is 56.8 cm³/mol. The van der Waals surface area contributed by atoms with Crippen molar-refractivity contribution in [2.45, 2.75) is 6.42 Å². The van der Waals surface area contributed by atoms with Gasteiger partial charge in [-0.3, -0.25) is 0 Å². The monoisotopic (exact) mass is 203 g/mol. The molecule has 0 aliphatic rings. The number of hydrogen-bond donors (Lipinski definition) is 1. The van der Waals surface area contributed by atoms with Crippen molar-refractivity contribution in [2.75, 3.05) is 13.6 Å². The van der Waals surface area contributed by atoms with Crippen LogP contribution < -0.4 is 5.32 Å². The van der Waals surface area contributed by atoms with Gasteiger partial charge >= 0.3 is 0 Å². The summed E-state index contributed by atoms with van der Waals surface area (Å²) in [7, 11) is 1.94. The van der Waals surface area contributed by atoms with Crippen molar-refractivity contribution in [2.24, 2.45) is 0 Å². The quantitative estimate of drug-likeness (QED) is 0.782. The van der Waals surface area contributed by atoms with Crippen LogP contribution in [0.25, 0.3) is 5.82 Å². The Labute approximate surface area is 88.2 Å². The molecule has 1 N–H and O–H groups in total. The normalized spacial score (nSPS) is 10.5. The first kappa shape index (κ1) is 9.79. The topological polar surface area (TPSA) is 55.6 Å². The molecule has 78 valence electrons. The van der Waals surface area contributed by atoms with E-state index in [2.05, 4.69) is 26.4 Å². The molecule has 0 amide bonds. The van der Waals surface area contributed by atoms with E-state index in [1.54, 1.807) is 11.0 Å². The van der Waals surface area contributed by atoms with Gasteiger partial charge in [-0.15, -0.1) is 0 Å². The van der Waals surface area contributed by atoms with Crippen molar-refractivity contribution in [3.63, 3.8) is 0 Å². The summed E-state index contributed by atoms with van der Waals surface area (Å²) in [5.74, 6) is 0.792. The molecule has 2 rings (SSSR count). The first-order valence-corrected chi connectivity index (χ1v) is 4.84. The third-order valence-corrected chi connectivity index (χ3v) is 2.13. The minimum absolute atomic E-state index is 0.792. The highest BCUT2D eigenvalue weighted by atomic mass is 15.3. The van der Waals surface area contributed by atoms with Crippen molar-refractivity contribution in [3.05, 3.63) is 36.5 Å². The first-order chi connectivity index (χ1) is 7.40. The van der Waals surface area contributed by atoms with Crippen molar-refractivity contribution >= 4 is 0 Å². The predicted octanol–water partition coefficient (Wildman–Crippen LogP) is 0.424. The molecular formula is C10H13N5. The Morgan fingerprint density at radius 1 is 1.40 bits per heavy atom. The van der Waals surface area contributed by atoms with Gasteiger partial charge in [-0.25, -0.2) is 14.6 Å². The lowest BCUT2D eigenvalue weighted by molar-refractivity contribution is 0.784. The highest BCUT2D eigenvalue weighted by molar-refractivity contribution is 5.23. The third kappa shape index (κ3) is 2.38. The lowest BCUT2D eigenvalue weighted by atomic mass is 10.2. The zero-order chi connectivity index (χ0) is 10.5. The van der Waals surface area contributed by atoms with E-state index in [9.17, 15) is 0 Å². The standard InChI is InChI=1S/C10H13N5/c1-11-5-4-9-2-3-10(13-6-9)15-8-12-7-14-15/h2-3,6-8,11H,4-5H2,1H3. The van der Waals surface area contributed by atoms with Gasteiger partial charge in [0.15, 0.2) is 5.82 Å². The van der Waals surface area contributed by atoms with Crippen LogP contribution in [-0.4, -0.2) is 33.3 Å². The number of likely N-dealkylation sites (N-methyl/N-ethyl adjacent to an activating group) is 1. The Bertz CT molecular complexity index is 392. The van der Waals surface area contributed by atoms with Gasteiger partial charge in [-0.1, -0.05) is 6.07 Å². The smallest absolute Gasteiger partial charge is 0.155 e. The Kier molecular flexibility index (Phi) is 3.04. The second-order valence-corrected chi connectivity index (χ2v) is 3.22. The maximum absolute atomic E-state index is 4.31. The molecule has 15 heavy (non-hydrogen) atoms. The molecule has 2 aromatic rings. The third-order valence-electron chi connectivity index (χ3n) is 2.13. The van der Waals surface area contributed by atoms with Crippen molar-refractivity contribution in [3.8, 4) is 5.82 Å². The van der Waals surface area contributed by atoms with E-state index in [1.165, 1.54) is 11.9 Å². The Hall–Kier alpha value is -1.75. The molecule has 2 heterocycles. The van der Waals surface area contributed by atoms with E-state index in [0.29, 0.717) is 0 Å². The zero-order valence-corrected chi connectivity index (χ0v) is 8.59. The van der Waals surface area contributed by atoms with Crippen LogP contribution in [0, 0.1) is 0 Å². The van der Waals surface area contributed by atoms with E-state index < -0.39 is 0 Å². The summed E-state index contributed by atoms with van der Waals surface area (Å²) in [4.78, 5) is 8.18. The van der Waals surface area contributed by atoms with Gasteiger partial charge in [0.2, 0.25) is 0 Å². The molecule has 2 aromatic heterocycles. The summed E-state index contributed by atoms with van der Waals surface area (Å²) in [6.07, 6.45) is 5.99. The average Bonchev–Trinajstić information content (AvgIpc) is 2.80. The molecule has 0 saturated carbocycles. The zero-order valence-electron chi connectivity index (χ0n) is 8.59. The lowest BCUT2D eigenvalue weighted by Crippen LogP contribution is -2.10. The largest absolute Gasteiger partial charge is 0.319 e. The lowest BCUT2D eigenvalue weighted by Gasteiger charge is -2.02. The number of hydrogen-bond acceptors (Lipinski definition) is 4. The fraction of sp³-hybridized carbons (Fsp3) is 0.300. The van der Waals surface area contributed by atoms with Gasteiger partial charge in [-0.2, -0.15) is 5.10 Å². The maximum Gasteiger partial charge on any atom is 0.155 e. The van der Waals surface area contributed by atoms with Crippen molar-refractivity contribution in [1.82, 2.24) is 25.1 Å². The van der Waals surface area contributed by atoms with E-state index in [4.69, 9.17) is 0 Å². The average molecular weight is 203 g/mol. The molecule has 0 bridgehead atoms. The van der Waals surface area contributed by atoms with Crippen LogP contribution in [-0.2, 0) is 6.42 Å². The summed E-state index contributed by atoms with van der Waals surface area (Å²) in [6, 6.07) is 4.00. The van der Waals surface area contributed by atoms with Gasteiger partial charge in [0.1, 0.15) is 12.7 Å². The van der Waals surface area contributed by atoms with E-state index >= 15 is 0 Å². The van der Waals surface area contributed by atoms with Crippen LogP contribution in [0.15, 0.2) is 31.0 Å². The molecule has 5 heteroatoms. The van der Waals surface area contributed by atoms with Crippen LogP contribution >= 0.6 is 0 Å². The summed E-state index contributed by atoms with van der Waals surface area (Å²) < 4.78 is 1.64. The van der Waals surface area contributed by atoms with Crippen LogP contribution in [0.2, 0.25) is 0 Å². The van der Waals surface area contributed by atoms with Crippen LogP contribution in [0.3, 0.4) is 0 Å². The molecule has 5 nitrogen and oxygen atoms in total. The summed E-state index contributed by atoms with van der Waals surface area (Å²) in [5.41, 5.74) is 1.22. The minimum atomic E-state index is 0.792. The second kappa shape index (κ2) is 4.65. The number of nitrogens with one attached hydrogen (secondary N) is 1. The van der Waals surface area contributed by atoms with E-state index in [1.807, 2.05) is 19.3 Å². The molecule has 0 fully saturated rings. The van der Waals surface area contributed by atoms with Crippen LogP contribution in [0.4, 0.5) is 0 Å². The molecule has 0 spiro atoms. The summed E-state index contributed by atoms with van der Waals surface area (Å²) in [6.45, 7) is 0.963. The van der Waals surface area contributed by atoms with Crippen molar-refractivity contribution in [1.29, 1.82) is 0 Å². The van der Waals surface area contributed by atoms with E-state index in [0.717, 1.165) is 18.8 Å². The van der Waals surface area contributed by atoms with Crippen LogP contribution in [0.5, 0.6) is 0 Å². The fourth-order valence-electron chi connectivity index (χ4n) is 1.30. The first-order valence-electron chi connectivity index (χ1n) is 4.84. The molecule has 0 radical (unpaired) electrons. The highest BCUT2D eigenvalue weighted by Gasteiger charge is 1.98. The molecule has 0 aliphatic carbocycles. The SMILES string of the molecule is CNCCc1ccc(-n2cncn2)nc1. The minimum Gasteiger partial charge on any atom is -0.319 e. The Balaban J connectivity index is 2.11. The van der Waals surface area contributed by atoms with Gasteiger partial charge in [0.25, 0.3) is 0 Å². The molecule has 0 atom stereocenters. The highest BCUT2D eigenvalue weighted by Crippen LogP contribution is 2.03. The molecule has 0 unspecified atom stereocenters. The summed E-state index contributed by atoms with van der Waals surface area (Å²) >= 11 is 0. The van der Waals surface area contributed by atoms with Gasteiger partial charge in [-0.05, 0) is 31.6 Å². The van der Waals surface area contributed by atoms with Gasteiger partial charge in [0.05, 0.1) is 0 Å². The number of rotatable bonds is 4. The number of nitrogens with zero attached hydrogens (tertiary/aromatic N) is 4. The van der Waals surface area contributed by atoms with E-state index in [-0.39, 0.29) is 0 Å². The molecule has 0 aromatic carbocycles. The molecule has 0 aliphatic heterocycles.